The number of amides is 1. The molecule has 0 aromatic heterocycles. The fraction of sp³-hybridized carbons (Fsp3) is 0.857. The van der Waals surface area contributed by atoms with Crippen molar-refractivity contribution >= 4 is 5.91 Å². The molecule has 1 amide bonds. The zero-order chi connectivity index (χ0) is 7.98. The van der Waals surface area contributed by atoms with E-state index in [2.05, 4.69) is 5.73 Å². The summed E-state index contributed by atoms with van der Waals surface area (Å²) in [6, 6.07) is 0.546. The largest absolute Gasteiger partial charge is 0.370 e. The van der Waals surface area contributed by atoms with Crippen LogP contribution in [0.5, 0.6) is 0 Å². The molecule has 0 aromatic rings. The third-order valence-corrected chi connectivity index (χ3v) is 1.40. The fourth-order valence-corrected chi connectivity index (χ4v) is 0.957. The first-order valence-electron chi connectivity index (χ1n) is 3.64. The zero-order valence-electron chi connectivity index (χ0n) is 6.47. The Morgan fingerprint density at radius 3 is 1.80 bits per heavy atom. The van der Waals surface area contributed by atoms with Gasteiger partial charge in [0.1, 0.15) is 0 Å². The van der Waals surface area contributed by atoms with Gasteiger partial charge in [0.05, 0.1) is 0 Å². The fourth-order valence-electron chi connectivity index (χ4n) is 0.957. The van der Waals surface area contributed by atoms with E-state index in [-0.39, 0.29) is 5.91 Å². The van der Waals surface area contributed by atoms with Gasteiger partial charge in [0.15, 0.2) is 0 Å². The van der Waals surface area contributed by atoms with E-state index in [0.29, 0.717) is 6.04 Å². The van der Waals surface area contributed by atoms with Crippen molar-refractivity contribution in [1.29, 1.82) is 0 Å². The van der Waals surface area contributed by atoms with Crippen molar-refractivity contribution in [2.24, 2.45) is 11.5 Å². The molecule has 1 fully saturated rings. The predicted molar refractivity (Wildman–Crippen MR) is 41.3 cm³/mol. The lowest BCUT2D eigenvalue weighted by atomic mass is 10.3. The van der Waals surface area contributed by atoms with E-state index in [1.54, 1.807) is 0 Å². The molecule has 0 aromatic carbocycles. The van der Waals surface area contributed by atoms with Crippen molar-refractivity contribution in [3.8, 4) is 0 Å². The van der Waals surface area contributed by atoms with Gasteiger partial charge in [-0.05, 0) is 12.8 Å². The molecule has 0 heterocycles. The van der Waals surface area contributed by atoms with Gasteiger partial charge in [0.25, 0.3) is 0 Å². The molecule has 0 saturated heterocycles. The summed E-state index contributed by atoms with van der Waals surface area (Å²) in [7, 11) is 0. The molecule has 0 radical (unpaired) electrons. The van der Waals surface area contributed by atoms with E-state index in [1.807, 2.05) is 0 Å². The van der Waals surface area contributed by atoms with Crippen LogP contribution in [0.4, 0.5) is 0 Å². The molecular formula is C7H16N2O. The SMILES string of the molecule is CC(N)=O.NC1CCCC1. The Labute approximate surface area is 61.8 Å². The quantitative estimate of drug-likeness (QED) is 0.516. The van der Waals surface area contributed by atoms with E-state index in [1.165, 1.54) is 32.6 Å². The molecule has 3 nitrogen and oxygen atoms in total. The topological polar surface area (TPSA) is 69.1 Å². The number of hydrogen-bond donors (Lipinski definition) is 2. The Bertz CT molecular complexity index is 93.8. The normalized spacial score (nSPS) is 17.8. The highest BCUT2D eigenvalue weighted by molar-refractivity contribution is 5.70. The van der Waals surface area contributed by atoms with Gasteiger partial charge in [-0.25, -0.2) is 0 Å². The minimum Gasteiger partial charge on any atom is -0.370 e. The molecule has 0 aliphatic heterocycles. The maximum Gasteiger partial charge on any atom is 0.214 e. The summed E-state index contributed by atoms with van der Waals surface area (Å²) in [6.07, 6.45) is 5.25. The smallest absolute Gasteiger partial charge is 0.214 e. The summed E-state index contributed by atoms with van der Waals surface area (Å²) in [5.41, 5.74) is 10.0. The summed E-state index contributed by atoms with van der Waals surface area (Å²) in [5.74, 6) is -0.333. The second-order valence-corrected chi connectivity index (χ2v) is 2.66. The van der Waals surface area contributed by atoms with Gasteiger partial charge in [0.2, 0.25) is 5.91 Å². The van der Waals surface area contributed by atoms with Gasteiger partial charge in [-0.2, -0.15) is 0 Å². The summed E-state index contributed by atoms with van der Waals surface area (Å²) < 4.78 is 0. The van der Waals surface area contributed by atoms with Gasteiger partial charge in [-0.1, -0.05) is 12.8 Å². The molecular weight excluding hydrogens is 128 g/mol. The van der Waals surface area contributed by atoms with Crippen molar-refractivity contribution < 1.29 is 4.79 Å². The Balaban J connectivity index is 0.000000180. The molecule has 1 saturated carbocycles. The van der Waals surface area contributed by atoms with Crippen LogP contribution in [0.25, 0.3) is 0 Å². The first kappa shape index (κ1) is 9.43. The molecule has 60 valence electrons. The van der Waals surface area contributed by atoms with Crippen molar-refractivity contribution in [3.63, 3.8) is 0 Å². The van der Waals surface area contributed by atoms with Crippen molar-refractivity contribution in [1.82, 2.24) is 0 Å². The summed E-state index contributed by atoms with van der Waals surface area (Å²) in [4.78, 5) is 9.22. The Hall–Kier alpha value is -0.570. The Kier molecular flexibility index (Phi) is 4.94. The van der Waals surface area contributed by atoms with E-state index >= 15 is 0 Å². The molecule has 0 unspecified atom stereocenters. The average Bonchev–Trinajstić information content (AvgIpc) is 2.15. The first-order valence-corrected chi connectivity index (χ1v) is 3.64. The number of primary amides is 1. The summed E-state index contributed by atoms with van der Waals surface area (Å²) >= 11 is 0. The lowest BCUT2D eigenvalue weighted by Crippen LogP contribution is -2.13. The standard InChI is InChI=1S/C5H11N.C2H5NO/c6-5-3-1-2-4-5;1-2(3)4/h5H,1-4,6H2;1H3,(H2,3,4). The minimum atomic E-state index is -0.333. The van der Waals surface area contributed by atoms with E-state index in [4.69, 9.17) is 5.73 Å². The maximum atomic E-state index is 9.22. The lowest BCUT2D eigenvalue weighted by molar-refractivity contribution is -0.115. The van der Waals surface area contributed by atoms with E-state index in [9.17, 15) is 4.79 Å². The maximum absolute atomic E-state index is 9.22. The van der Waals surface area contributed by atoms with Gasteiger partial charge >= 0.3 is 0 Å². The van der Waals surface area contributed by atoms with Crippen LogP contribution in [0.15, 0.2) is 0 Å². The second kappa shape index (κ2) is 5.23. The van der Waals surface area contributed by atoms with Crippen LogP contribution in [0.3, 0.4) is 0 Å². The zero-order valence-corrected chi connectivity index (χ0v) is 6.47. The number of carbonyl (C=O) groups is 1. The summed E-state index contributed by atoms with van der Waals surface area (Å²) in [5, 5.41) is 0. The first-order chi connectivity index (χ1) is 4.63. The molecule has 0 bridgehead atoms. The molecule has 0 atom stereocenters. The number of carbonyl (C=O) groups excluding carboxylic acids is 1. The van der Waals surface area contributed by atoms with Crippen LogP contribution in [0, 0.1) is 0 Å². The van der Waals surface area contributed by atoms with E-state index < -0.39 is 0 Å². The van der Waals surface area contributed by atoms with Crippen molar-refractivity contribution in [2.75, 3.05) is 0 Å². The van der Waals surface area contributed by atoms with Gasteiger partial charge in [-0.3, -0.25) is 4.79 Å². The number of rotatable bonds is 0. The number of nitrogens with two attached hydrogens (primary N) is 2. The highest BCUT2D eigenvalue weighted by Crippen LogP contribution is 2.14. The van der Waals surface area contributed by atoms with Crippen LogP contribution in [0.2, 0.25) is 0 Å². The third kappa shape index (κ3) is 7.43. The monoisotopic (exact) mass is 144 g/mol. The lowest BCUT2D eigenvalue weighted by Gasteiger charge is -1.92. The minimum absolute atomic E-state index is 0.333. The van der Waals surface area contributed by atoms with Gasteiger partial charge in [0, 0.05) is 13.0 Å². The molecule has 10 heavy (non-hydrogen) atoms. The highest BCUT2D eigenvalue weighted by atomic mass is 16.1. The van der Waals surface area contributed by atoms with E-state index in [0.717, 1.165) is 0 Å². The van der Waals surface area contributed by atoms with Gasteiger partial charge in [-0.15, -0.1) is 0 Å². The third-order valence-electron chi connectivity index (χ3n) is 1.40. The molecule has 1 aliphatic carbocycles. The average molecular weight is 144 g/mol. The molecule has 0 spiro atoms. The van der Waals surface area contributed by atoms with Crippen molar-refractivity contribution in [2.45, 2.75) is 38.6 Å². The second-order valence-electron chi connectivity index (χ2n) is 2.66. The number of hydrogen-bond acceptors (Lipinski definition) is 2. The van der Waals surface area contributed by atoms with Crippen LogP contribution in [-0.4, -0.2) is 11.9 Å². The summed E-state index contributed by atoms with van der Waals surface area (Å²) in [6.45, 7) is 1.31. The van der Waals surface area contributed by atoms with Gasteiger partial charge < -0.3 is 11.5 Å². The highest BCUT2D eigenvalue weighted by Gasteiger charge is 2.07. The molecule has 1 rings (SSSR count). The van der Waals surface area contributed by atoms with Crippen LogP contribution >= 0.6 is 0 Å². The van der Waals surface area contributed by atoms with Crippen LogP contribution in [0.1, 0.15) is 32.6 Å². The Morgan fingerprint density at radius 2 is 1.70 bits per heavy atom. The molecule has 3 heteroatoms. The van der Waals surface area contributed by atoms with Crippen LogP contribution < -0.4 is 11.5 Å². The predicted octanol–water partition coefficient (Wildman–Crippen LogP) is 0.379. The Morgan fingerprint density at radius 1 is 1.40 bits per heavy atom. The van der Waals surface area contributed by atoms with Crippen molar-refractivity contribution in [3.05, 3.63) is 0 Å². The molecule has 1 aliphatic rings. The van der Waals surface area contributed by atoms with Crippen LogP contribution in [-0.2, 0) is 4.79 Å². The molecule has 4 N–H and O–H groups in total.